The van der Waals surface area contributed by atoms with Gasteiger partial charge in [-0.25, -0.2) is 0 Å². The fourth-order valence-corrected chi connectivity index (χ4v) is 4.49. The van der Waals surface area contributed by atoms with E-state index in [1.165, 1.54) is 19.3 Å². The van der Waals surface area contributed by atoms with Crippen LogP contribution >= 0.6 is 0 Å². The van der Waals surface area contributed by atoms with Crippen molar-refractivity contribution < 1.29 is 4.21 Å². The minimum atomic E-state index is -0.838. The minimum absolute atomic E-state index is 0.652. The van der Waals surface area contributed by atoms with Crippen molar-refractivity contribution in [1.29, 1.82) is 0 Å². The van der Waals surface area contributed by atoms with Crippen LogP contribution in [0.5, 0.6) is 0 Å². The lowest BCUT2D eigenvalue weighted by Crippen LogP contribution is -2.32. The lowest BCUT2D eigenvalue weighted by molar-refractivity contribution is 0.399. The molecule has 0 saturated heterocycles. The van der Waals surface area contributed by atoms with E-state index < -0.39 is 10.8 Å². The van der Waals surface area contributed by atoms with Crippen molar-refractivity contribution in [2.45, 2.75) is 50.5 Å². The van der Waals surface area contributed by atoms with Crippen molar-refractivity contribution in [2.24, 2.45) is 5.92 Å². The van der Waals surface area contributed by atoms with Gasteiger partial charge in [0.2, 0.25) is 0 Å². The summed E-state index contributed by atoms with van der Waals surface area (Å²) in [5.74, 6) is 1.52. The summed E-state index contributed by atoms with van der Waals surface area (Å²) >= 11 is 0. The molecular formula is C16H25NOS. The smallest absolute Gasteiger partial charge is 0.0532 e. The maximum Gasteiger partial charge on any atom is 0.0532 e. The van der Waals surface area contributed by atoms with Crippen LogP contribution in [-0.4, -0.2) is 22.5 Å². The van der Waals surface area contributed by atoms with E-state index in [-0.39, 0.29) is 0 Å². The van der Waals surface area contributed by atoms with Gasteiger partial charge < -0.3 is 5.32 Å². The molecule has 2 nitrogen and oxygen atoms in total. The predicted molar refractivity (Wildman–Crippen MR) is 81.9 cm³/mol. The van der Waals surface area contributed by atoms with E-state index in [9.17, 15) is 4.21 Å². The maximum atomic E-state index is 12.4. The van der Waals surface area contributed by atoms with Crippen LogP contribution in [0.4, 0.5) is 0 Å². The van der Waals surface area contributed by atoms with Crippen molar-refractivity contribution in [1.82, 2.24) is 5.32 Å². The van der Waals surface area contributed by atoms with Crippen LogP contribution in [0.25, 0.3) is 0 Å². The maximum absolute atomic E-state index is 12.4. The molecule has 1 aromatic rings. The van der Waals surface area contributed by atoms with Gasteiger partial charge in [-0.15, -0.1) is 0 Å². The Morgan fingerprint density at radius 1 is 1.32 bits per heavy atom. The molecule has 0 amide bonds. The third-order valence-electron chi connectivity index (χ3n) is 4.14. The Kier molecular flexibility index (Phi) is 5.59. The third-order valence-corrected chi connectivity index (χ3v) is 5.69. The van der Waals surface area contributed by atoms with Crippen LogP contribution < -0.4 is 5.32 Å². The molecule has 1 aliphatic carbocycles. The normalized spacial score (nSPS) is 24.5. The monoisotopic (exact) mass is 279 g/mol. The fourth-order valence-electron chi connectivity index (χ4n) is 3.09. The van der Waals surface area contributed by atoms with Crippen LogP contribution in [0, 0.1) is 12.8 Å². The first-order valence-electron chi connectivity index (χ1n) is 7.39. The molecule has 3 unspecified atom stereocenters. The first kappa shape index (κ1) is 14.7. The molecule has 1 N–H and O–H groups in total. The van der Waals surface area contributed by atoms with Gasteiger partial charge in [0.1, 0.15) is 0 Å². The van der Waals surface area contributed by atoms with Gasteiger partial charge in [-0.3, -0.25) is 4.21 Å². The molecule has 2 rings (SSSR count). The number of hydrogen-bond donors (Lipinski definition) is 1. The average Bonchev–Trinajstić information content (AvgIpc) is 2.84. The van der Waals surface area contributed by atoms with E-state index >= 15 is 0 Å². The van der Waals surface area contributed by atoms with Gasteiger partial charge >= 0.3 is 0 Å². The molecule has 3 heteroatoms. The highest BCUT2D eigenvalue weighted by molar-refractivity contribution is 7.85. The Labute approximate surface area is 119 Å². The van der Waals surface area contributed by atoms with Crippen molar-refractivity contribution in [3.8, 4) is 0 Å². The van der Waals surface area contributed by atoms with Crippen LogP contribution in [-0.2, 0) is 10.8 Å². The second kappa shape index (κ2) is 7.20. The van der Waals surface area contributed by atoms with E-state index in [0.717, 1.165) is 29.2 Å². The van der Waals surface area contributed by atoms with E-state index in [0.29, 0.717) is 12.0 Å². The SMILES string of the molecule is CCNC1CCCC1CCS(=O)c1ccccc1C. The standard InChI is InChI=1S/C16H25NOS/c1-3-17-15-9-6-8-14(15)11-12-19(18)16-10-5-4-7-13(16)2/h4-5,7,10,14-15,17H,3,6,8-9,11-12H2,1-2H3. The van der Waals surface area contributed by atoms with Crippen LogP contribution in [0.2, 0.25) is 0 Å². The summed E-state index contributed by atoms with van der Waals surface area (Å²) in [5.41, 5.74) is 1.15. The molecule has 3 atom stereocenters. The summed E-state index contributed by atoms with van der Waals surface area (Å²) in [7, 11) is -0.838. The highest BCUT2D eigenvalue weighted by Gasteiger charge is 2.26. The van der Waals surface area contributed by atoms with E-state index in [1.807, 2.05) is 31.2 Å². The molecule has 0 heterocycles. The zero-order valence-corrected chi connectivity index (χ0v) is 12.8. The second-order valence-electron chi connectivity index (χ2n) is 5.46. The summed E-state index contributed by atoms with van der Waals surface area (Å²) in [6, 6.07) is 8.69. The molecule has 1 fully saturated rings. The van der Waals surface area contributed by atoms with E-state index in [2.05, 4.69) is 12.2 Å². The predicted octanol–water partition coefficient (Wildman–Crippen LogP) is 3.27. The number of benzene rings is 1. The van der Waals surface area contributed by atoms with Crippen LogP contribution in [0.1, 0.15) is 38.2 Å². The molecule has 0 bridgehead atoms. The van der Waals surface area contributed by atoms with Gasteiger partial charge in [-0.2, -0.15) is 0 Å². The molecule has 0 radical (unpaired) electrons. The Morgan fingerprint density at radius 3 is 2.84 bits per heavy atom. The molecular weight excluding hydrogens is 254 g/mol. The molecule has 0 aromatic heterocycles. The largest absolute Gasteiger partial charge is 0.314 e. The number of rotatable bonds is 6. The molecule has 1 aromatic carbocycles. The fraction of sp³-hybridized carbons (Fsp3) is 0.625. The molecule has 19 heavy (non-hydrogen) atoms. The van der Waals surface area contributed by atoms with Gasteiger partial charge in [-0.05, 0) is 50.3 Å². The van der Waals surface area contributed by atoms with Gasteiger partial charge in [0, 0.05) is 16.7 Å². The summed E-state index contributed by atoms with van der Waals surface area (Å²) < 4.78 is 12.4. The molecule has 1 saturated carbocycles. The summed E-state index contributed by atoms with van der Waals surface area (Å²) in [6.45, 7) is 5.26. The quantitative estimate of drug-likeness (QED) is 0.866. The van der Waals surface area contributed by atoms with E-state index in [1.54, 1.807) is 0 Å². The average molecular weight is 279 g/mol. The Morgan fingerprint density at radius 2 is 2.11 bits per heavy atom. The second-order valence-corrected chi connectivity index (χ2v) is 7.00. The minimum Gasteiger partial charge on any atom is -0.314 e. The van der Waals surface area contributed by atoms with Crippen LogP contribution in [0.3, 0.4) is 0 Å². The summed E-state index contributed by atoms with van der Waals surface area (Å²) in [4.78, 5) is 1.01. The Hall–Kier alpha value is -0.670. The highest BCUT2D eigenvalue weighted by atomic mass is 32.2. The first-order valence-corrected chi connectivity index (χ1v) is 8.71. The van der Waals surface area contributed by atoms with E-state index in [4.69, 9.17) is 0 Å². The molecule has 106 valence electrons. The van der Waals surface area contributed by atoms with Gasteiger partial charge in [0.05, 0.1) is 10.8 Å². The lowest BCUT2D eigenvalue weighted by atomic mass is 10.0. The Bertz CT molecular complexity index is 433. The van der Waals surface area contributed by atoms with Gasteiger partial charge in [-0.1, -0.05) is 31.5 Å². The highest BCUT2D eigenvalue weighted by Crippen LogP contribution is 2.29. The molecule has 0 aliphatic heterocycles. The lowest BCUT2D eigenvalue weighted by Gasteiger charge is -2.20. The van der Waals surface area contributed by atoms with Crippen LogP contribution in [0.15, 0.2) is 29.2 Å². The topological polar surface area (TPSA) is 29.1 Å². The van der Waals surface area contributed by atoms with Crippen molar-refractivity contribution in [3.63, 3.8) is 0 Å². The zero-order valence-electron chi connectivity index (χ0n) is 12.0. The zero-order chi connectivity index (χ0) is 13.7. The summed E-state index contributed by atoms with van der Waals surface area (Å²) in [6.07, 6.45) is 4.98. The van der Waals surface area contributed by atoms with Crippen molar-refractivity contribution in [3.05, 3.63) is 29.8 Å². The van der Waals surface area contributed by atoms with Gasteiger partial charge in [0.15, 0.2) is 0 Å². The third kappa shape index (κ3) is 3.90. The molecule has 0 spiro atoms. The Balaban J connectivity index is 1.88. The number of nitrogens with one attached hydrogen (secondary N) is 1. The van der Waals surface area contributed by atoms with Gasteiger partial charge in [0.25, 0.3) is 0 Å². The first-order chi connectivity index (χ1) is 9.22. The van der Waals surface area contributed by atoms with Crippen molar-refractivity contribution in [2.75, 3.05) is 12.3 Å². The number of aryl methyl sites for hydroxylation is 1. The number of hydrogen-bond acceptors (Lipinski definition) is 2. The summed E-state index contributed by atoms with van der Waals surface area (Å²) in [5, 5.41) is 3.57. The molecule has 1 aliphatic rings. The van der Waals surface area contributed by atoms with Crippen molar-refractivity contribution >= 4 is 10.8 Å².